The Labute approximate surface area is 195 Å². The predicted octanol–water partition coefficient (Wildman–Crippen LogP) is 3.81. The molecule has 0 radical (unpaired) electrons. The van der Waals surface area contributed by atoms with Gasteiger partial charge in [0.25, 0.3) is 0 Å². The molecule has 3 aliphatic carbocycles. The fourth-order valence-electron chi connectivity index (χ4n) is 6.40. The first kappa shape index (κ1) is 20.4. The van der Waals surface area contributed by atoms with Gasteiger partial charge < -0.3 is 16.2 Å². The quantitative estimate of drug-likeness (QED) is 0.528. The van der Waals surface area contributed by atoms with Crippen molar-refractivity contribution in [2.75, 3.05) is 7.11 Å². The highest BCUT2D eigenvalue weighted by molar-refractivity contribution is 6.03. The van der Waals surface area contributed by atoms with Crippen molar-refractivity contribution in [3.8, 4) is 23.8 Å². The third kappa shape index (κ3) is 3.01. The van der Waals surface area contributed by atoms with Gasteiger partial charge in [0, 0.05) is 41.2 Å². The minimum Gasteiger partial charge on any atom is -0.383 e. The number of methoxy groups -OCH3 is 1. The molecule has 2 saturated carbocycles. The Morgan fingerprint density at radius 1 is 0.970 bits per heavy atom. The summed E-state index contributed by atoms with van der Waals surface area (Å²) < 4.78 is 5.73. The molecule has 4 N–H and O–H groups in total. The first-order valence-electron chi connectivity index (χ1n) is 12.0. The molecular formula is C29H29N3O. The van der Waals surface area contributed by atoms with Crippen LogP contribution < -0.4 is 11.5 Å². The number of fused-ring (bicyclic) bond motifs is 5. The van der Waals surface area contributed by atoms with E-state index in [9.17, 15) is 0 Å². The standard InChI is InChI=1S/C29H29N3O/c1-33-23-10-13-28(14-11-23)18-22-8-6-20(5-4-19-2-3-19)17-26(22)29(28)25-9-7-21(12-15-30)16-24(25)27(31)32-29/h6-9,16-17,19,23H,2-3,10-11,13-14,18,30H2,1H3,(H2,31,32). The second-order valence-electron chi connectivity index (χ2n) is 10.0. The molecule has 2 aromatic rings. The topological polar surface area (TPSA) is 73.6 Å². The highest BCUT2D eigenvalue weighted by Crippen LogP contribution is 2.64. The van der Waals surface area contributed by atoms with E-state index in [1.165, 1.54) is 29.5 Å². The van der Waals surface area contributed by atoms with Gasteiger partial charge in [-0.15, -0.1) is 0 Å². The van der Waals surface area contributed by atoms with Crippen LogP contribution in [0.3, 0.4) is 0 Å². The van der Waals surface area contributed by atoms with Crippen LogP contribution in [0.1, 0.15) is 71.9 Å². The monoisotopic (exact) mass is 435 g/mol. The summed E-state index contributed by atoms with van der Waals surface area (Å²) in [6.07, 6.45) is 8.00. The number of hydrogen-bond donors (Lipinski definition) is 2. The fraction of sp³-hybridized carbons (Fsp3) is 0.414. The molecule has 0 amide bonds. The van der Waals surface area contributed by atoms with Crippen LogP contribution in [-0.2, 0) is 16.7 Å². The van der Waals surface area contributed by atoms with Crippen LogP contribution in [-0.4, -0.2) is 19.0 Å². The molecule has 0 aromatic heterocycles. The van der Waals surface area contributed by atoms with Crippen LogP contribution in [0.4, 0.5) is 0 Å². The predicted molar refractivity (Wildman–Crippen MR) is 130 cm³/mol. The van der Waals surface area contributed by atoms with Crippen molar-refractivity contribution in [1.82, 2.24) is 0 Å². The van der Waals surface area contributed by atoms with Crippen molar-refractivity contribution in [3.05, 3.63) is 69.8 Å². The molecule has 1 atom stereocenters. The molecule has 6 rings (SSSR count). The Balaban J connectivity index is 1.54. The van der Waals surface area contributed by atoms with Crippen LogP contribution in [0.2, 0.25) is 0 Å². The smallest absolute Gasteiger partial charge is 0.127 e. The molecule has 166 valence electrons. The Hall–Kier alpha value is -3.21. The number of hydrogen-bond acceptors (Lipinski definition) is 4. The van der Waals surface area contributed by atoms with E-state index in [1.807, 2.05) is 13.2 Å². The van der Waals surface area contributed by atoms with Gasteiger partial charge >= 0.3 is 0 Å². The van der Waals surface area contributed by atoms with Crippen molar-refractivity contribution in [3.63, 3.8) is 0 Å². The first-order chi connectivity index (χ1) is 16.1. The zero-order chi connectivity index (χ0) is 22.6. The van der Waals surface area contributed by atoms with Crippen LogP contribution in [0.25, 0.3) is 0 Å². The maximum atomic E-state index is 6.63. The Morgan fingerprint density at radius 3 is 2.45 bits per heavy atom. The third-order valence-electron chi connectivity index (χ3n) is 8.21. The number of nitrogens with two attached hydrogens (primary N) is 2. The van der Waals surface area contributed by atoms with Crippen LogP contribution in [0.5, 0.6) is 0 Å². The largest absolute Gasteiger partial charge is 0.383 e. The summed E-state index contributed by atoms with van der Waals surface area (Å²) >= 11 is 0. The average molecular weight is 436 g/mol. The summed E-state index contributed by atoms with van der Waals surface area (Å²) in [5, 5.41) is 0. The van der Waals surface area contributed by atoms with Crippen LogP contribution >= 0.6 is 0 Å². The summed E-state index contributed by atoms with van der Waals surface area (Å²) in [7, 11) is 1.83. The molecule has 1 heterocycles. The lowest BCUT2D eigenvalue weighted by Gasteiger charge is -2.47. The van der Waals surface area contributed by atoms with Gasteiger partial charge in [0.2, 0.25) is 0 Å². The van der Waals surface area contributed by atoms with Crippen LogP contribution in [0, 0.1) is 35.1 Å². The number of benzene rings is 2. The lowest BCUT2D eigenvalue weighted by molar-refractivity contribution is 0.00685. The SMILES string of the molecule is COC1CCC2(CC1)Cc1ccc(C#CC3CC3)cc1C21N=C(N)c2cc(C#CN)ccc21. The second kappa shape index (κ2) is 7.41. The summed E-state index contributed by atoms with van der Waals surface area (Å²) in [4.78, 5) is 5.33. The van der Waals surface area contributed by atoms with Gasteiger partial charge in [-0.05, 0) is 91.8 Å². The molecule has 2 fully saturated rings. The maximum absolute atomic E-state index is 6.63. The van der Waals surface area contributed by atoms with Crippen molar-refractivity contribution in [2.45, 2.75) is 56.6 Å². The number of ether oxygens (including phenoxy) is 1. The third-order valence-corrected chi connectivity index (χ3v) is 8.21. The highest BCUT2D eigenvalue weighted by atomic mass is 16.5. The Morgan fingerprint density at radius 2 is 1.73 bits per heavy atom. The maximum Gasteiger partial charge on any atom is 0.127 e. The number of amidine groups is 1. The molecule has 4 heteroatoms. The van der Waals surface area contributed by atoms with E-state index in [0.717, 1.165) is 48.8 Å². The number of aliphatic imine (C=N–C) groups is 1. The van der Waals surface area contributed by atoms with Crippen molar-refractivity contribution in [1.29, 1.82) is 0 Å². The summed E-state index contributed by atoms with van der Waals surface area (Å²) in [6, 6.07) is 15.6. The van der Waals surface area contributed by atoms with E-state index in [2.05, 4.69) is 54.1 Å². The van der Waals surface area contributed by atoms with Crippen molar-refractivity contribution in [2.24, 2.45) is 27.8 Å². The van der Waals surface area contributed by atoms with E-state index < -0.39 is 5.54 Å². The zero-order valence-corrected chi connectivity index (χ0v) is 19.1. The van der Waals surface area contributed by atoms with E-state index >= 15 is 0 Å². The minimum absolute atomic E-state index is 0.0101. The Bertz CT molecular complexity index is 1290. The highest BCUT2D eigenvalue weighted by Gasteiger charge is 2.62. The zero-order valence-electron chi connectivity index (χ0n) is 19.1. The molecule has 0 bridgehead atoms. The lowest BCUT2D eigenvalue weighted by atomic mass is 9.59. The minimum atomic E-state index is -0.480. The van der Waals surface area contributed by atoms with E-state index in [1.54, 1.807) is 0 Å². The molecule has 1 aliphatic heterocycles. The summed E-state index contributed by atoms with van der Waals surface area (Å²) in [5.74, 6) is 11.0. The van der Waals surface area contributed by atoms with Gasteiger partial charge in [0.15, 0.2) is 0 Å². The van der Waals surface area contributed by atoms with Gasteiger partial charge in [-0.2, -0.15) is 0 Å². The number of rotatable bonds is 1. The second-order valence-corrected chi connectivity index (χ2v) is 10.0. The Kier molecular flexibility index (Phi) is 4.58. The van der Waals surface area contributed by atoms with Gasteiger partial charge in [0.05, 0.1) is 6.10 Å². The first-order valence-corrected chi connectivity index (χ1v) is 12.0. The van der Waals surface area contributed by atoms with E-state index in [-0.39, 0.29) is 5.41 Å². The normalized spacial score (nSPS) is 29.0. The van der Waals surface area contributed by atoms with E-state index in [4.69, 9.17) is 21.2 Å². The van der Waals surface area contributed by atoms with Crippen molar-refractivity contribution >= 4 is 5.84 Å². The van der Waals surface area contributed by atoms with Gasteiger partial charge in [-0.25, -0.2) is 0 Å². The fourth-order valence-corrected chi connectivity index (χ4v) is 6.40. The molecule has 33 heavy (non-hydrogen) atoms. The van der Waals surface area contributed by atoms with Crippen LogP contribution in [0.15, 0.2) is 41.4 Å². The molecule has 4 aliphatic rings. The van der Waals surface area contributed by atoms with Gasteiger partial charge in [-0.3, -0.25) is 4.99 Å². The molecule has 2 aromatic carbocycles. The lowest BCUT2D eigenvalue weighted by Crippen LogP contribution is -2.45. The molecular weight excluding hydrogens is 406 g/mol. The van der Waals surface area contributed by atoms with E-state index in [0.29, 0.717) is 17.9 Å². The summed E-state index contributed by atoms with van der Waals surface area (Å²) in [5.41, 5.74) is 18.4. The van der Waals surface area contributed by atoms with Gasteiger partial charge in [0.1, 0.15) is 11.4 Å². The van der Waals surface area contributed by atoms with Crippen molar-refractivity contribution < 1.29 is 4.74 Å². The number of nitrogens with zero attached hydrogens (tertiary/aromatic N) is 1. The molecule has 1 unspecified atom stereocenters. The van der Waals surface area contributed by atoms with Gasteiger partial charge in [-0.1, -0.05) is 24.0 Å². The average Bonchev–Trinajstić information content (AvgIpc) is 3.57. The molecule has 0 saturated heterocycles. The molecule has 4 nitrogen and oxygen atoms in total. The molecule has 2 spiro atoms. The summed E-state index contributed by atoms with van der Waals surface area (Å²) in [6.45, 7) is 0.